The molecule has 3 nitrogen and oxygen atoms in total. The fourth-order valence-corrected chi connectivity index (χ4v) is 2.07. The second kappa shape index (κ2) is 4.79. The second-order valence-electron chi connectivity index (χ2n) is 4.95. The van der Waals surface area contributed by atoms with Crippen molar-refractivity contribution >= 4 is 0 Å². The molecular formula is C12H23N3. The van der Waals surface area contributed by atoms with Crippen molar-refractivity contribution in [3.63, 3.8) is 0 Å². The Morgan fingerprint density at radius 2 is 2.20 bits per heavy atom. The Kier molecular flexibility index (Phi) is 3.91. The maximum atomic E-state index is 4.23. The minimum atomic E-state index is 0.190. The van der Waals surface area contributed by atoms with E-state index in [1.54, 1.807) is 0 Å². The lowest BCUT2D eigenvalue weighted by molar-refractivity contribution is 0.394. The molecule has 0 amide bonds. The maximum Gasteiger partial charge on any atom is 0.0527 e. The van der Waals surface area contributed by atoms with E-state index >= 15 is 0 Å². The molecule has 0 saturated heterocycles. The standard InChI is InChI=1S/C12H23N3/c1-6-13-10(2)7-12(3,4)11-8-14-15(5)9-11/h8-10,13H,6-7H2,1-5H3. The molecule has 1 aromatic rings. The zero-order valence-corrected chi connectivity index (χ0v) is 10.5. The number of hydrogen-bond donors (Lipinski definition) is 1. The third kappa shape index (κ3) is 3.34. The van der Waals surface area contributed by atoms with Crippen LogP contribution in [0.2, 0.25) is 0 Å². The van der Waals surface area contributed by atoms with E-state index in [1.165, 1.54) is 5.56 Å². The topological polar surface area (TPSA) is 29.9 Å². The highest BCUT2D eigenvalue weighted by molar-refractivity contribution is 5.17. The van der Waals surface area contributed by atoms with Crippen LogP contribution in [0.4, 0.5) is 0 Å². The Hall–Kier alpha value is -0.830. The van der Waals surface area contributed by atoms with Gasteiger partial charge in [0.05, 0.1) is 6.20 Å². The summed E-state index contributed by atoms with van der Waals surface area (Å²) in [7, 11) is 1.97. The summed E-state index contributed by atoms with van der Waals surface area (Å²) in [6.07, 6.45) is 5.21. The van der Waals surface area contributed by atoms with Crippen LogP contribution in [0.3, 0.4) is 0 Å². The summed E-state index contributed by atoms with van der Waals surface area (Å²) < 4.78 is 1.87. The van der Waals surface area contributed by atoms with Gasteiger partial charge in [0.2, 0.25) is 0 Å². The molecule has 1 N–H and O–H groups in total. The third-order valence-electron chi connectivity index (χ3n) is 2.86. The lowest BCUT2D eigenvalue weighted by Gasteiger charge is -2.27. The lowest BCUT2D eigenvalue weighted by atomic mass is 9.81. The molecule has 0 aromatic carbocycles. The smallest absolute Gasteiger partial charge is 0.0527 e. The minimum absolute atomic E-state index is 0.190. The fourth-order valence-electron chi connectivity index (χ4n) is 2.07. The van der Waals surface area contributed by atoms with E-state index in [4.69, 9.17) is 0 Å². The molecule has 3 heteroatoms. The monoisotopic (exact) mass is 209 g/mol. The molecule has 0 bridgehead atoms. The molecule has 0 aliphatic rings. The molecule has 1 unspecified atom stereocenters. The number of aromatic nitrogens is 2. The fraction of sp³-hybridized carbons (Fsp3) is 0.750. The van der Waals surface area contributed by atoms with Gasteiger partial charge in [-0.3, -0.25) is 4.68 Å². The van der Waals surface area contributed by atoms with Crippen molar-refractivity contribution < 1.29 is 0 Å². The Bertz CT molecular complexity index is 302. The van der Waals surface area contributed by atoms with Crippen LogP contribution in [0.5, 0.6) is 0 Å². The molecule has 1 atom stereocenters. The predicted octanol–water partition coefficient (Wildman–Crippen LogP) is 2.09. The number of rotatable bonds is 5. The van der Waals surface area contributed by atoms with Gasteiger partial charge in [-0.05, 0) is 30.9 Å². The average molecular weight is 209 g/mol. The van der Waals surface area contributed by atoms with Crippen molar-refractivity contribution in [1.29, 1.82) is 0 Å². The molecule has 1 rings (SSSR count). The maximum absolute atomic E-state index is 4.23. The normalized spacial score (nSPS) is 14.2. The summed E-state index contributed by atoms with van der Waals surface area (Å²) >= 11 is 0. The SMILES string of the molecule is CCNC(C)CC(C)(C)c1cnn(C)c1. The van der Waals surface area contributed by atoms with E-state index in [0.717, 1.165) is 13.0 Å². The lowest BCUT2D eigenvalue weighted by Crippen LogP contribution is -2.32. The summed E-state index contributed by atoms with van der Waals surface area (Å²) in [5, 5.41) is 7.68. The highest BCUT2D eigenvalue weighted by atomic mass is 15.2. The van der Waals surface area contributed by atoms with Crippen LogP contribution in [0.25, 0.3) is 0 Å². The Morgan fingerprint density at radius 1 is 1.53 bits per heavy atom. The molecule has 0 radical (unpaired) electrons. The number of aryl methyl sites for hydroxylation is 1. The zero-order chi connectivity index (χ0) is 11.5. The summed E-state index contributed by atoms with van der Waals surface area (Å²) in [6.45, 7) is 9.97. The quantitative estimate of drug-likeness (QED) is 0.804. The van der Waals surface area contributed by atoms with Gasteiger partial charge in [0, 0.05) is 19.3 Å². The van der Waals surface area contributed by atoms with Crippen LogP contribution in [-0.4, -0.2) is 22.4 Å². The van der Waals surface area contributed by atoms with E-state index in [1.807, 2.05) is 17.9 Å². The molecule has 0 spiro atoms. The second-order valence-corrected chi connectivity index (χ2v) is 4.95. The van der Waals surface area contributed by atoms with Crippen LogP contribution < -0.4 is 5.32 Å². The van der Waals surface area contributed by atoms with Crippen molar-refractivity contribution in [3.05, 3.63) is 18.0 Å². The van der Waals surface area contributed by atoms with E-state index < -0.39 is 0 Å². The third-order valence-corrected chi connectivity index (χ3v) is 2.86. The molecule has 15 heavy (non-hydrogen) atoms. The first-order valence-corrected chi connectivity index (χ1v) is 5.68. The van der Waals surface area contributed by atoms with Crippen LogP contribution >= 0.6 is 0 Å². The average Bonchev–Trinajstić information content (AvgIpc) is 2.51. The van der Waals surface area contributed by atoms with E-state index in [0.29, 0.717) is 6.04 Å². The largest absolute Gasteiger partial charge is 0.315 e. The van der Waals surface area contributed by atoms with Gasteiger partial charge in [-0.25, -0.2) is 0 Å². The summed E-state index contributed by atoms with van der Waals surface area (Å²) in [6, 6.07) is 0.546. The molecule has 0 aliphatic heterocycles. The van der Waals surface area contributed by atoms with Gasteiger partial charge in [0.15, 0.2) is 0 Å². The Balaban J connectivity index is 2.66. The van der Waals surface area contributed by atoms with Gasteiger partial charge in [0.25, 0.3) is 0 Å². The van der Waals surface area contributed by atoms with Gasteiger partial charge in [-0.1, -0.05) is 20.8 Å². The van der Waals surface area contributed by atoms with E-state index in [9.17, 15) is 0 Å². The number of hydrogen-bond acceptors (Lipinski definition) is 2. The first-order chi connectivity index (χ1) is 6.95. The van der Waals surface area contributed by atoms with Crippen LogP contribution in [0, 0.1) is 0 Å². The molecule has 0 aliphatic carbocycles. The van der Waals surface area contributed by atoms with Gasteiger partial charge in [0.1, 0.15) is 0 Å². The molecular weight excluding hydrogens is 186 g/mol. The molecule has 0 fully saturated rings. The Labute approximate surface area is 92.9 Å². The van der Waals surface area contributed by atoms with Crippen molar-refractivity contribution in [1.82, 2.24) is 15.1 Å². The summed E-state index contributed by atoms with van der Waals surface area (Å²) in [5.41, 5.74) is 1.50. The van der Waals surface area contributed by atoms with Crippen LogP contribution in [0.1, 0.15) is 39.7 Å². The highest BCUT2D eigenvalue weighted by Gasteiger charge is 2.24. The van der Waals surface area contributed by atoms with Gasteiger partial charge in [-0.2, -0.15) is 5.10 Å². The van der Waals surface area contributed by atoms with Gasteiger partial charge in [-0.15, -0.1) is 0 Å². The molecule has 0 saturated carbocycles. The molecule has 1 heterocycles. The van der Waals surface area contributed by atoms with Gasteiger partial charge < -0.3 is 5.32 Å². The highest BCUT2D eigenvalue weighted by Crippen LogP contribution is 2.27. The number of nitrogens with one attached hydrogen (secondary N) is 1. The van der Waals surface area contributed by atoms with E-state index in [-0.39, 0.29) is 5.41 Å². The minimum Gasteiger partial charge on any atom is -0.315 e. The first-order valence-electron chi connectivity index (χ1n) is 5.68. The number of nitrogens with zero attached hydrogens (tertiary/aromatic N) is 2. The van der Waals surface area contributed by atoms with Crippen molar-refractivity contribution in [2.24, 2.45) is 7.05 Å². The van der Waals surface area contributed by atoms with Crippen LogP contribution in [-0.2, 0) is 12.5 Å². The van der Waals surface area contributed by atoms with Crippen molar-refractivity contribution in [2.45, 2.75) is 45.6 Å². The van der Waals surface area contributed by atoms with Gasteiger partial charge >= 0.3 is 0 Å². The van der Waals surface area contributed by atoms with Crippen molar-refractivity contribution in [3.8, 4) is 0 Å². The Morgan fingerprint density at radius 3 is 2.67 bits per heavy atom. The summed E-state index contributed by atoms with van der Waals surface area (Å²) in [4.78, 5) is 0. The summed E-state index contributed by atoms with van der Waals surface area (Å²) in [5.74, 6) is 0. The van der Waals surface area contributed by atoms with Crippen LogP contribution in [0.15, 0.2) is 12.4 Å². The first kappa shape index (κ1) is 12.2. The zero-order valence-electron chi connectivity index (χ0n) is 10.5. The molecule has 86 valence electrons. The van der Waals surface area contributed by atoms with Crippen molar-refractivity contribution in [2.75, 3.05) is 6.54 Å². The van der Waals surface area contributed by atoms with E-state index in [2.05, 4.69) is 44.3 Å². The predicted molar refractivity (Wildman–Crippen MR) is 64.0 cm³/mol. The molecule has 1 aromatic heterocycles.